The van der Waals surface area contributed by atoms with Gasteiger partial charge in [0.2, 0.25) is 0 Å². The molecule has 0 saturated heterocycles. The zero-order valence-electron chi connectivity index (χ0n) is 6.08. The fraction of sp³-hybridized carbons (Fsp3) is 0.429. The van der Waals surface area contributed by atoms with Crippen LogP contribution in [-0.2, 0) is 4.65 Å². The minimum Gasteiger partial charge on any atom is -0.423 e. The Morgan fingerprint density at radius 1 is 1.60 bits per heavy atom. The smallest absolute Gasteiger partial charge is 0.423 e. The molecule has 0 atom stereocenters. The van der Waals surface area contributed by atoms with E-state index in [0.29, 0.717) is 0 Å². The van der Waals surface area contributed by atoms with Crippen molar-refractivity contribution in [2.24, 2.45) is 0 Å². The summed E-state index contributed by atoms with van der Waals surface area (Å²) in [5.41, 5.74) is 0.869. The molecule has 0 fully saturated rings. The number of hydrogen-bond donors (Lipinski definition) is 1. The van der Waals surface area contributed by atoms with E-state index in [-0.39, 0.29) is 0 Å². The van der Waals surface area contributed by atoms with Crippen LogP contribution in [0.15, 0.2) is 23.7 Å². The summed E-state index contributed by atoms with van der Waals surface area (Å²) in [6.07, 6.45) is 8.01. The second-order valence-electron chi connectivity index (χ2n) is 2.27. The van der Waals surface area contributed by atoms with Crippen molar-refractivity contribution in [3.05, 3.63) is 23.7 Å². The van der Waals surface area contributed by atoms with Crippen molar-refractivity contribution in [2.45, 2.75) is 12.8 Å². The van der Waals surface area contributed by atoms with Gasteiger partial charge in [0.15, 0.2) is 0 Å². The summed E-state index contributed by atoms with van der Waals surface area (Å²) >= 11 is 0. The Morgan fingerprint density at radius 2 is 2.40 bits per heavy atom. The summed E-state index contributed by atoms with van der Waals surface area (Å²) in [7, 11) is 0.755. The van der Waals surface area contributed by atoms with Gasteiger partial charge in [0, 0.05) is 7.11 Å². The maximum absolute atomic E-state index is 9.14. The number of allylic oxidation sites excluding steroid dienone is 4. The van der Waals surface area contributed by atoms with E-state index in [9.17, 15) is 0 Å². The Hall–Kier alpha value is -0.535. The van der Waals surface area contributed by atoms with Crippen LogP contribution in [0.4, 0.5) is 0 Å². The Morgan fingerprint density at radius 3 is 2.90 bits per heavy atom. The van der Waals surface area contributed by atoms with Crippen LogP contribution < -0.4 is 0 Å². The molecule has 1 aliphatic carbocycles. The molecule has 3 heteroatoms. The summed E-state index contributed by atoms with van der Waals surface area (Å²) in [6, 6.07) is 0. The molecule has 1 rings (SSSR count). The number of rotatable bonds is 2. The summed E-state index contributed by atoms with van der Waals surface area (Å²) in [6.45, 7) is 0. The maximum atomic E-state index is 9.14. The fourth-order valence-corrected chi connectivity index (χ4v) is 0.953. The Labute approximate surface area is 61.3 Å². The monoisotopic (exact) mass is 138 g/mol. The topological polar surface area (TPSA) is 29.5 Å². The molecule has 0 aromatic carbocycles. The van der Waals surface area contributed by atoms with Gasteiger partial charge in [-0.05, 0) is 18.3 Å². The molecule has 0 spiro atoms. The molecule has 1 aliphatic rings. The summed E-state index contributed by atoms with van der Waals surface area (Å²) in [5.74, 6) is 0. The van der Waals surface area contributed by atoms with E-state index in [2.05, 4.69) is 0 Å². The van der Waals surface area contributed by atoms with Gasteiger partial charge in [-0.15, -0.1) is 0 Å². The van der Waals surface area contributed by atoms with Crippen LogP contribution in [0.3, 0.4) is 0 Å². The van der Waals surface area contributed by atoms with E-state index in [0.717, 1.165) is 18.3 Å². The van der Waals surface area contributed by atoms with Crippen molar-refractivity contribution >= 4 is 7.12 Å². The molecular formula is C7H11BO2. The van der Waals surface area contributed by atoms with Crippen molar-refractivity contribution in [1.29, 1.82) is 0 Å². The van der Waals surface area contributed by atoms with Crippen LogP contribution in [0.5, 0.6) is 0 Å². The van der Waals surface area contributed by atoms with Gasteiger partial charge in [-0.3, -0.25) is 0 Å². The molecule has 0 amide bonds. The normalized spacial score (nSPS) is 16.8. The maximum Gasteiger partial charge on any atom is 0.490 e. The third-order valence-electron chi connectivity index (χ3n) is 1.53. The van der Waals surface area contributed by atoms with Crippen LogP contribution >= 0.6 is 0 Å². The molecule has 0 unspecified atom stereocenters. The van der Waals surface area contributed by atoms with E-state index in [4.69, 9.17) is 9.68 Å². The minimum absolute atomic E-state index is 0.739. The molecule has 0 aromatic rings. The first-order chi connectivity index (χ1) is 4.84. The van der Waals surface area contributed by atoms with Crippen molar-refractivity contribution in [2.75, 3.05) is 7.11 Å². The van der Waals surface area contributed by atoms with Gasteiger partial charge in [0.05, 0.1) is 0 Å². The van der Waals surface area contributed by atoms with E-state index >= 15 is 0 Å². The predicted octanol–water partition coefficient (Wildman–Crippen LogP) is 0.929. The fourth-order valence-electron chi connectivity index (χ4n) is 0.953. The molecule has 0 heterocycles. The summed E-state index contributed by atoms with van der Waals surface area (Å²) in [5, 5.41) is 9.14. The van der Waals surface area contributed by atoms with Crippen LogP contribution in [0.1, 0.15) is 12.8 Å². The van der Waals surface area contributed by atoms with Crippen LogP contribution in [0.2, 0.25) is 0 Å². The largest absolute Gasteiger partial charge is 0.490 e. The quantitative estimate of drug-likeness (QED) is 0.575. The van der Waals surface area contributed by atoms with Crippen molar-refractivity contribution in [3.63, 3.8) is 0 Å². The Bertz CT molecular complexity index is 163. The van der Waals surface area contributed by atoms with Gasteiger partial charge in [-0.1, -0.05) is 18.2 Å². The third-order valence-corrected chi connectivity index (χ3v) is 1.53. The minimum atomic E-state index is -0.739. The van der Waals surface area contributed by atoms with Gasteiger partial charge in [-0.25, -0.2) is 0 Å². The first-order valence-electron chi connectivity index (χ1n) is 3.42. The van der Waals surface area contributed by atoms with Crippen molar-refractivity contribution in [1.82, 2.24) is 0 Å². The highest BCUT2D eigenvalue weighted by molar-refractivity contribution is 6.53. The van der Waals surface area contributed by atoms with Crippen LogP contribution in [0, 0.1) is 0 Å². The zero-order chi connectivity index (χ0) is 7.40. The average molecular weight is 138 g/mol. The molecule has 0 bridgehead atoms. The molecule has 0 aliphatic heterocycles. The average Bonchev–Trinajstić information content (AvgIpc) is 2.05. The van der Waals surface area contributed by atoms with E-state index < -0.39 is 7.12 Å². The second-order valence-corrected chi connectivity index (χ2v) is 2.27. The second kappa shape index (κ2) is 3.59. The van der Waals surface area contributed by atoms with E-state index in [1.165, 1.54) is 7.11 Å². The van der Waals surface area contributed by atoms with Crippen LogP contribution in [-0.4, -0.2) is 19.3 Å². The lowest BCUT2D eigenvalue weighted by atomic mass is 9.76. The SMILES string of the molecule is COB(O)C1=CCCC=C1. The van der Waals surface area contributed by atoms with Gasteiger partial charge < -0.3 is 9.68 Å². The van der Waals surface area contributed by atoms with Crippen LogP contribution in [0.25, 0.3) is 0 Å². The number of hydrogen-bond acceptors (Lipinski definition) is 2. The molecule has 1 N–H and O–H groups in total. The molecule has 0 radical (unpaired) electrons. The lowest BCUT2D eigenvalue weighted by Crippen LogP contribution is -2.18. The molecular weight excluding hydrogens is 127 g/mol. The first-order valence-corrected chi connectivity index (χ1v) is 3.42. The summed E-state index contributed by atoms with van der Waals surface area (Å²) in [4.78, 5) is 0. The highest BCUT2D eigenvalue weighted by Crippen LogP contribution is 2.10. The Balaban J connectivity index is 2.54. The molecule has 54 valence electrons. The van der Waals surface area contributed by atoms with Crippen molar-refractivity contribution < 1.29 is 9.68 Å². The highest BCUT2D eigenvalue weighted by atomic mass is 16.5. The van der Waals surface area contributed by atoms with Gasteiger partial charge in [0.25, 0.3) is 0 Å². The molecule has 0 saturated carbocycles. The summed E-state index contributed by atoms with van der Waals surface area (Å²) < 4.78 is 4.73. The highest BCUT2D eigenvalue weighted by Gasteiger charge is 2.15. The van der Waals surface area contributed by atoms with Gasteiger partial charge in [0.1, 0.15) is 0 Å². The third kappa shape index (κ3) is 1.72. The van der Waals surface area contributed by atoms with Crippen molar-refractivity contribution in [3.8, 4) is 0 Å². The van der Waals surface area contributed by atoms with E-state index in [1.807, 2.05) is 18.2 Å². The predicted molar refractivity (Wildman–Crippen MR) is 41.4 cm³/mol. The molecule has 2 nitrogen and oxygen atoms in total. The molecule has 10 heavy (non-hydrogen) atoms. The lowest BCUT2D eigenvalue weighted by Gasteiger charge is -2.07. The van der Waals surface area contributed by atoms with Gasteiger partial charge in [-0.2, -0.15) is 0 Å². The first kappa shape index (κ1) is 7.57. The lowest BCUT2D eigenvalue weighted by molar-refractivity contribution is 0.337. The zero-order valence-corrected chi connectivity index (χ0v) is 6.08. The molecule has 0 aromatic heterocycles. The standard InChI is InChI=1S/C7H11BO2/c1-10-8(9)7-5-3-2-4-6-7/h3,5-6,9H,2,4H2,1H3. The Kier molecular flexibility index (Phi) is 2.72. The van der Waals surface area contributed by atoms with Gasteiger partial charge >= 0.3 is 7.12 Å². The van der Waals surface area contributed by atoms with E-state index in [1.54, 1.807) is 0 Å².